The summed E-state index contributed by atoms with van der Waals surface area (Å²) < 4.78 is 11.3. The number of ketones is 2. The van der Waals surface area contributed by atoms with Crippen molar-refractivity contribution in [3.8, 4) is 46.0 Å². The van der Waals surface area contributed by atoms with E-state index in [1.54, 1.807) is 24.3 Å². The van der Waals surface area contributed by atoms with Crippen molar-refractivity contribution < 1.29 is 49.7 Å². The van der Waals surface area contributed by atoms with Gasteiger partial charge in [0.1, 0.15) is 46.2 Å². The average molecular weight is 545 g/mol. The van der Waals surface area contributed by atoms with Crippen LogP contribution in [0.3, 0.4) is 0 Å². The number of hydrogen-bond acceptors (Lipinski definition) is 10. The zero-order valence-corrected chi connectivity index (χ0v) is 20.8. The second-order valence-corrected chi connectivity index (χ2v) is 9.31. The molecule has 0 bridgehead atoms. The lowest BCUT2D eigenvalue weighted by atomic mass is 9.95. The summed E-state index contributed by atoms with van der Waals surface area (Å²) in [6.07, 6.45) is -1.19. The lowest BCUT2D eigenvalue weighted by molar-refractivity contribution is -0.126. The number of hydrogen-bond donors (Lipinski definition) is 6. The van der Waals surface area contributed by atoms with E-state index in [4.69, 9.17) is 9.47 Å². The standard InChI is InChI=1S/2C15H12O5/c16-9-3-1-8(2-4-9)13-7-12(19)15-11(18)5-10(17)6-14(15)20-13;16-9-3-1-8(2-4-9)15-12(18)7-10-13(20-15)6-5-11(17)14(10)19/h1-6,13,16-18H,7H2;1-6,15-17,19H,7H2. The number of Topliss-reactive ketones (excluding diaryl/α,β-unsaturated/α-hetero) is 2. The molecule has 0 aromatic heterocycles. The summed E-state index contributed by atoms with van der Waals surface area (Å²) >= 11 is 0. The van der Waals surface area contributed by atoms with Crippen LogP contribution in [-0.4, -0.2) is 42.2 Å². The molecule has 2 atom stereocenters. The van der Waals surface area contributed by atoms with Crippen LogP contribution in [0.5, 0.6) is 46.0 Å². The van der Waals surface area contributed by atoms with E-state index < -0.39 is 12.2 Å². The van der Waals surface area contributed by atoms with Crippen LogP contribution in [0.2, 0.25) is 0 Å². The van der Waals surface area contributed by atoms with Crippen molar-refractivity contribution in [2.45, 2.75) is 25.0 Å². The number of phenols is 6. The van der Waals surface area contributed by atoms with Crippen LogP contribution in [0.4, 0.5) is 0 Å². The van der Waals surface area contributed by atoms with Crippen molar-refractivity contribution in [1.82, 2.24) is 0 Å². The molecule has 4 aromatic rings. The Hall–Kier alpha value is -5.38. The minimum atomic E-state index is -0.771. The van der Waals surface area contributed by atoms with Crippen molar-refractivity contribution in [2.75, 3.05) is 0 Å². The maximum absolute atomic E-state index is 12.1. The molecule has 6 N–H and O–H groups in total. The van der Waals surface area contributed by atoms with Gasteiger partial charge >= 0.3 is 0 Å². The fourth-order valence-electron chi connectivity index (χ4n) is 4.55. The molecule has 4 aromatic carbocycles. The molecule has 6 rings (SSSR count). The van der Waals surface area contributed by atoms with Crippen LogP contribution in [0.25, 0.3) is 0 Å². The third kappa shape index (κ3) is 5.14. The molecule has 0 aliphatic carbocycles. The van der Waals surface area contributed by atoms with Gasteiger partial charge in [-0.25, -0.2) is 0 Å². The summed E-state index contributed by atoms with van der Waals surface area (Å²) in [6, 6.07) is 17.8. The van der Waals surface area contributed by atoms with Gasteiger partial charge in [0.05, 0.1) is 6.42 Å². The second kappa shape index (κ2) is 10.4. The summed E-state index contributed by atoms with van der Waals surface area (Å²) in [5.41, 5.74) is 1.76. The SMILES string of the molecule is O=C1CC(c2ccc(O)cc2)Oc2cc(O)cc(O)c21.O=C1Cc2c(ccc(O)c2O)OC1c1ccc(O)cc1. The van der Waals surface area contributed by atoms with Gasteiger partial charge in [-0.15, -0.1) is 0 Å². The Morgan fingerprint density at radius 2 is 1.25 bits per heavy atom. The number of carbonyl (C=O) groups is 2. The van der Waals surface area contributed by atoms with Crippen LogP contribution in [0.15, 0.2) is 72.8 Å². The fraction of sp³-hybridized carbons (Fsp3) is 0.133. The van der Waals surface area contributed by atoms with Crippen LogP contribution >= 0.6 is 0 Å². The summed E-state index contributed by atoms with van der Waals surface area (Å²) in [4.78, 5) is 24.2. The molecule has 0 radical (unpaired) electrons. The normalized spacial score (nSPS) is 17.4. The van der Waals surface area contributed by atoms with Crippen LogP contribution in [0, 0.1) is 0 Å². The average Bonchev–Trinajstić information content (AvgIpc) is 2.91. The number of phenolic OH excluding ortho intramolecular Hbond substituents is 6. The lowest BCUT2D eigenvalue weighted by Gasteiger charge is -2.26. The predicted octanol–water partition coefficient (Wildman–Crippen LogP) is 4.56. The highest BCUT2D eigenvalue weighted by molar-refractivity contribution is 6.02. The van der Waals surface area contributed by atoms with Crippen molar-refractivity contribution in [3.63, 3.8) is 0 Å². The monoisotopic (exact) mass is 544 g/mol. The summed E-state index contributed by atoms with van der Waals surface area (Å²) in [6.45, 7) is 0. The van der Waals surface area contributed by atoms with Crippen LogP contribution < -0.4 is 9.47 Å². The Morgan fingerprint density at radius 3 is 1.90 bits per heavy atom. The van der Waals surface area contributed by atoms with E-state index >= 15 is 0 Å². The summed E-state index contributed by atoms with van der Waals surface area (Å²) in [5, 5.41) is 56.9. The Bertz CT molecular complexity index is 1590. The highest BCUT2D eigenvalue weighted by Gasteiger charge is 2.32. The van der Waals surface area contributed by atoms with Crippen molar-refractivity contribution in [2.24, 2.45) is 0 Å². The minimum Gasteiger partial charge on any atom is -0.508 e. The van der Waals surface area contributed by atoms with Gasteiger partial charge in [-0.1, -0.05) is 24.3 Å². The highest BCUT2D eigenvalue weighted by atomic mass is 16.5. The van der Waals surface area contributed by atoms with Gasteiger partial charge in [-0.3, -0.25) is 9.59 Å². The molecule has 2 heterocycles. The van der Waals surface area contributed by atoms with Crippen molar-refractivity contribution in [3.05, 3.63) is 95.1 Å². The van der Waals surface area contributed by atoms with E-state index in [1.165, 1.54) is 42.5 Å². The topological polar surface area (TPSA) is 174 Å². The van der Waals surface area contributed by atoms with Crippen LogP contribution in [-0.2, 0) is 11.2 Å². The molecule has 0 spiro atoms. The number of fused-ring (bicyclic) bond motifs is 2. The molecule has 0 fully saturated rings. The Balaban J connectivity index is 0.000000161. The second-order valence-electron chi connectivity index (χ2n) is 9.31. The molecule has 2 aliphatic rings. The Morgan fingerprint density at radius 1 is 0.625 bits per heavy atom. The first kappa shape index (κ1) is 26.2. The van der Waals surface area contributed by atoms with Gasteiger partial charge in [-0.05, 0) is 42.0 Å². The van der Waals surface area contributed by atoms with Crippen molar-refractivity contribution >= 4 is 11.6 Å². The summed E-state index contributed by atoms with van der Waals surface area (Å²) in [7, 11) is 0. The van der Waals surface area contributed by atoms with Crippen LogP contribution in [0.1, 0.15) is 45.7 Å². The van der Waals surface area contributed by atoms with E-state index in [9.17, 15) is 40.2 Å². The molecule has 40 heavy (non-hydrogen) atoms. The number of aromatic hydroxyl groups is 6. The van der Waals surface area contributed by atoms with E-state index in [0.717, 1.165) is 11.6 Å². The van der Waals surface area contributed by atoms with Gasteiger partial charge in [0.25, 0.3) is 0 Å². The molecule has 10 heteroatoms. The molecular weight excluding hydrogens is 520 g/mol. The molecule has 10 nitrogen and oxygen atoms in total. The first-order valence-corrected chi connectivity index (χ1v) is 12.2. The van der Waals surface area contributed by atoms with Gasteiger partial charge in [0, 0.05) is 29.7 Å². The first-order chi connectivity index (χ1) is 19.1. The largest absolute Gasteiger partial charge is 0.508 e. The molecule has 2 aliphatic heterocycles. The van der Waals surface area contributed by atoms with Gasteiger partial charge in [0.2, 0.25) is 0 Å². The lowest BCUT2D eigenvalue weighted by Crippen LogP contribution is -2.25. The van der Waals surface area contributed by atoms with Gasteiger partial charge < -0.3 is 40.1 Å². The highest BCUT2D eigenvalue weighted by Crippen LogP contribution is 2.43. The Labute approximate surface area is 227 Å². The first-order valence-electron chi connectivity index (χ1n) is 12.2. The van der Waals surface area contributed by atoms with E-state index in [2.05, 4.69) is 0 Å². The number of ether oxygens (including phenoxy) is 2. The molecular formula is C30H24O10. The third-order valence-corrected chi connectivity index (χ3v) is 6.55. The number of benzene rings is 4. The van der Waals surface area contributed by atoms with Gasteiger partial charge in [-0.2, -0.15) is 0 Å². The quantitative estimate of drug-likeness (QED) is 0.196. The molecule has 2 unspecified atom stereocenters. The zero-order chi connectivity index (χ0) is 28.6. The van der Waals surface area contributed by atoms with E-state index in [-0.39, 0.29) is 70.2 Å². The zero-order valence-electron chi connectivity index (χ0n) is 20.8. The van der Waals surface area contributed by atoms with Gasteiger partial charge in [0.15, 0.2) is 29.2 Å². The minimum absolute atomic E-state index is 0.0128. The number of carbonyl (C=O) groups excluding carboxylic acids is 2. The third-order valence-electron chi connectivity index (χ3n) is 6.55. The molecule has 0 saturated carbocycles. The number of rotatable bonds is 2. The molecule has 204 valence electrons. The van der Waals surface area contributed by atoms with E-state index in [1.807, 2.05) is 0 Å². The smallest absolute Gasteiger partial charge is 0.182 e. The fourth-order valence-corrected chi connectivity index (χ4v) is 4.55. The summed E-state index contributed by atoms with van der Waals surface area (Å²) in [5.74, 6) is -0.731. The predicted molar refractivity (Wildman–Crippen MR) is 140 cm³/mol. The maximum Gasteiger partial charge on any atom is 0.182 e. The molecule has 0 amide bonds. The van der Waals surface area contributed by atoms with Crippen molar-refractivity contribution in [1.29, 1.82) is 0 Å². The molecule has 0 saturated heterocycles. The van der Waals surface area contributed by atoms with E-state index in [0.29, 0.717) is 16.9 Å². The maximum atomic E-state index is 12.1. The Kier molecular flexibility index (Phi) is 6.83.